The van der Waals surface area contributed by atoms with Crippen LogP contribution in [0.1, 0.15) is 6.42 Å². The minimum absolute atomic E-state index is 0.0750. The monoisotopic (exact) mass is 397 g/mol. The van der Waals surface area contributed by atoms with Gasteiger partial charge in [-0.05, 0) is 30.3 Å². The van der Waals surface area contributed by atoms with Crippen LogP contribution in [0, 0.1) is 5.92 Å². The zero-order valence-corrected chi connectivity index (χ0v) is 15.8. The molecule has 5 nitrogen and oxygen atoms in total. The Kier molecular flexibility index (Phi) is 4.92. The van der Waals surface area contributed by atoms with Gasteiger partial charge >= 0.3 is 0 Å². The first-order chi connectivity index (χ1) is 13.1. The van der Waals surface area contributed by atoms with Crippen molar-refractivity contribution >= 4 is 46.1 Å². The normalized spacial score (nSPS) is 16.6. The van der Waals surface area contributed by atoms with Crippen molar-refractivity contribution in [2.24, 2.45) is 5.92 Å². The lowest BCUT2D eigenvalue weighted by molar-refractivity contribution is -0.122. The second-order valence-corrected chi connectivity index (χ2v) is 7.62. The van der Waals surface area contributed by atoms with Gasteiger partial charge in [-0.25, -0.2) is 4.98 Å². The van der Waals surface area contributed by atoms with Crippen molar-refractivity contribution in [1.29, 1.82) is 0 Å². The number of hydrogen-bond acceptors (Lipinski definition) is 4. The Morgan fingerprint density at radius 2 is 2.07 bits per heavy atom. The molecule has 4 rings (SSSR count). The number of thiazole rings is 1. The van der Waals surface area contributed by atoms with Crippen molar-refractivity contribution in [1.82, 2.24) is 4.98 Å². The summed E-state index contributed by atoms with van der Waals surface area (Å²) in [6.07, 6.45) is 1.93. The minimum atomic E-state index is -0.403. The molecule has 2 aromatic carbocycles. The van der Waals surface area contributed by atoms with E-state index in [0.717, 1.165) is 10.6 Å². The van der Waals surface area contributed by atoms with Gasteiger partial charge < -0.3 is 10.2 Å². The Hall–Kier alpha value is -2.70. The van der Waals surface area contributed by atoms with E-state index < -0.39 is 5.92 Å². The Labute approximate surface area is 165 Å². The van der Waals surface area contributed by atoms with Gasteiger partial charge in [-0.3, -0.25) is 9.59 Å². The Bertz CT molecular complexity index is 990. The molecular weight excluding hydrogens is 382 g/mol. The van der Waals surface area contributed by atoms with Crippen molar-refractivity contribution in [3.8, 4) is 10.6 Å². The Morgan fingerprint density at radius 1 is 1.22 bits per heavy atom. The first-order valence-electron chi connectivity index (χ1n) is 8.47. The number of halogens is 1. The van der Waals surface area contributed by atoms with Crippen molar-refractivity contribution in [2.75, 3.05) is 16.8 Å². The molecule has 1 saturated heterocycles. The molecule has 2 amide bonds. The van der Waals surface area contributed by atoms with Crippen LogP contribution in [0.2, 0.25) is 5.02 Å². The Balaban J connectivity index is 1.46. The third-order valence-corrected chi connectivity index (χ3v) is 5.48. The molecule has 3 aromatic rings. The molecule has 1 aliphatic rings. The molecule has 1 fully saturated rings. The van der Waals surface area contributed by atoms with E-state index in [2.05, 4.69) is 10.3 Å². The molecule has 27 heavy (non-hydrogen) atoms. The van der Waals surface area contributed by atoms with Crippen LogP contribution in [0.15, 0.2) is 60.1 Å². The summed E-state index contributed by atoms with van der Waals surface area (Å²) < 4.78 is 0. The maximum absolute atomic E-state index is 12.7. The van der Waals surface area contributed by atoms with Crippen LogP contribution in [-0.4, -0.2) is 23.3 Å². The molecule has 1 aromatic heterocycles. The number of carbonyl (C=O) groups excluding carboxylic acids is 2. The molecule has 1 unspecified atom stereocenters. The molecule has 7 heteroatoms. The van der Waals surface area contributed by atoms with Gasteiger partial charge in [0.25, 0.3) is 0 Å². The van der Waals surface area contributed by atoms with Crippen LogP contribution in [-0.2, 0) is 9.59 Å². The standard InChI is InChI=1S/C20H16ClN3O2S/c21-15-4-2-6-17(11-15)24-12-14(10-18(24)25)19(26)23-16-5-1-3-13(9-16)20-22-7-8-27-20/h1-9,11,14H,10,12H2,(H,23,26). The molecule has 0 saturated carbocycles. The van der Waals surface area contributed by atoms with E-state index >= 15 is 0 Å². The molecule has 2 heterocycles. The van der Waals surface area contributed by atoms with Gasteiger partial charge in [-0.15, -0.1) is 11.3 Å². The molecule has 1 atom stereocenters. The van der Waals surface area contributed by atoms with Gasteiger partial charge in [0.05, 0.1) is 5.92 Å². The minimum Gasteiger partial charge on any atom is -0.326 e. The van der Waals surface area contributed by atoms with E-state index in [0.29, 0.717) is 22.9 Å². The van der Waals surface area contributed by atoms with Crippen LogP contribution < -0.4 is 10.2 Å². The van der Waals surface area contributed by atoms with E-state index in [1.807, 2.05) is 35.7 Å². The quantitative estimate of drug-likeness (QED) is 0.707. The summed E-state index contributed by atoms with van der Waals surface area (Å²) in [5.41, 5.74) is 2.36. The van der Waals surface area contributed by atoms with Gasteiger partial charge in [0.1, 0.15) is 5.01 Å². The van der Waals surface area contributed by atoms with E-state index in [-0.39, 0.29) is 18.2 Å². The van der Waals surface area contributed by atoms with Gasteiger partial charge in [0, 0.05) is 46.5 Å². The SMILES string of the molecule is O=C(Nc1cccc(-c2nccs2)c1)C1CC(=O)N(c2cccc(Cl)c2)C1. The molecule has 136 valence electrons. The van der Waals surface area contributed by atoms with Crippen LogP contribution in [0.3, 0.4) is 0 Å². The molecule has 0 bridgehead atoms. The second kappa shape index (κ2) is 7.50. The summed E-state index contributed by atoms with van der Waals surface area (Å²) in [6, 6.07) is 14.7. The number of anilines is 2. The number of nitrogens with zero attached hydrogens (tertiary/aromatic N) is 2. The molecule has 0 aliphatic carbocycles. The van der Waals surface area contributed by atoms with Gasteiger partial charge in [0.15, 0.2) is 0 Å². The summed E-state index contributed by atoms with van der Waals surface area (Å²) >= 11 is 7.56. The average molecular weight is 398 g/mol. The number of nitrogens with one attached hydrogen (secondary N) is 1. The molecular formula is C20H16ClN3O2S. The van der Waals surface area contributed by atoms with Crippen LogP contribution in [0.5, 0.6) is 0 Å². The maximum atomic E-state index is 12.7. The van der Waals surface area contributed by atoms with Gasteiger partial charge in [0.2, 0.25) is 11.8 Å². The highest BCUT2D eigenvalue weighted by molar-refractivity contribution is 7.13. The average Bonchev–Trinajstić information content (AvgIpc) is 3.32. The molecule has 0 spiro atoms. The van der Waals surface area contributed by atoms with Crippen LogP contribution >= 0.6 is 22.9 Å². The fraction of sp³-hybridized carbons (Fsp3) is 0.150. The lowest BCUT2D eigenvalue weighted by Crippen LogP contribution is -2.28. The maximum Gasteiger partial charge on any atom is 0.229 e. The highest BCUT2D eigenvalue weighted by Crippen LogP contribution is 2.29. The molecule has 1 N–H and O–H groups in total. The van der Waals surface area contributed by atoms with Crippen molar-refractivity contribution in [3.05, 3.63) is 65.1 Å². The largest absolute Gasteiger partial charge is 0.326 e. The Morgan fingerprint density at radius 3 is 2.85 bits per heavy atom. The van der Waals surface area contributed by atoms with E-state index in [1.165, 1.54) is 0 Å². The second-order valence-electron chi connectivity index (χ2n) is 6.29. The first kappa shape index (κ1) is 17.7. The first-order valence-corrected chi connectivity index (χ1v) is 9.72. The zero-order chi connectivity index (χ0) is 18.8. The van der Waals surface area contributed by atoms with Gasteiger partial charge in [-0.1, -0.05) is 29.8 Å². The summed E-state index contributed by atoms with van der Waals surface area (Å²) in [6.45, 7) is 0.344. The fourth-order valence-corrected chi connectivity index (χ4v) is 3.94. The van der Waals surface area contributed by atoms with Crippen molar-refractivity contribution in [3.63, 3.8) is 0 Å². The lowest BCUT2D eigenvalue weighted by atomic mass is 10.1. The zero-order valence-electron chi connectivity index (χ0n) is 14.3. The van der Waals surface area contributed by atoms with E-state index in [4.69, 9.17) is 11.6 Å². The van der Waals surface area contributed by atoms with Crippen molar-refractivity contribution in [2.45, 2.75) is 6.42 Å². The third-order valence-electron chi connectivity index (χ3n) is 4.43. The van der Waals surface area contributed by atoms with Crippen LogP contribution in [0.4, 0.5) is 11.4 Å². The lowest BCUT2D eigenvalue weighted by Gasteiger charge is -2.17. The number of benzene rings is 2. The van der Waals surface area contributed by atoms with Crippen LogP contribution in [0.25, 0.3) is 10.6 Å². The number of aromatic nitrogens is 1. The van der Waals surface area contributed by atoms with Crippen molar-refractivity contribution < 1.29 is 9.59 Å². The summed E-state index contributed by atoms with van der Waals surface area (Å²) in [5.74, 6) is -0.641. The highest BCUT2D eigenvalue weighted by Gasteiger charge is 2.35. The highest BCUT2D eigenvalue weighted by atomic mass is 35.5. The van der Waals surface area contributed by atoms with E-state index in [1.54, 1.807) is 40.6 Å². The summed E-state index contributed by atoms with van der Waals surface area (Å²) in [7, 11) is 0. The van der Waals surface area contributed by atoms with Gasteiger partial charge in [-0.2, -0.15) is 0 Å². The molecule has 0 radical (unpaired) electrons. The number of hydrogen-bond donors (Lipinski definition) is 1. The summed E-state index contributed by atoms with van der Waals surface area (Å²) in [5, 5.41) is 6.29. The number of amides is 2. The number of rotatable bonds is 4. The fourth-order valence-electron chi connectivity index (χ4n) is 3.12. The third kappa shape index (κ3) is 3.86. The van der Waals surface area contributed by atoms with E-state index in [9.17, 15) is 9.59 Å². The predicted molar refractivity (Wildman–Crippen MR) is 108 cm³/mol. The topological polar surface area (TPSA) is 62.3 Å². The summed E-state index contributed by atoms with van der Waals surface area (Å²) in [4.78, 5) is 30.9. The number of carbonyl (C=O) groups is 2. The predicted octanol–water partition coefficient (Wildman–Crippen LogP) is 4.46. The molecule has 1 aliphatic heterocycles. The smallest absolute Gasteiger partial charge is 0.229 e.